The average molecular weight is 310 g/mol. The Balaban J connectivity index is 2.37. The summed E-state index contributed by atoms with van der Waals surface area (Å²) in [6.07, 6.45) is 3.74. The second-order valence-electron chi connectivity index (χ2n) is 6.35. The van der Waals surface area contributed by atoms with E-state index in [0.29, 0.717) is 17.4 Å². The number of rotatable bonds is 4. The quantitative estimate of drug-likeness (QED) is 0.929. The van der Waals surface area contributed by atoms with Gasteiger partial charge >= 0.3 is 0 Å². The molecule has 1 fully saturated rings. The van der Waals surface area contributed by atoms with Gasteiger partial charge in [-0.2, -0.15) is 4.31 Å². The van der Waals surface area contributed by atoms with E-state index < -0.39 is 15.6 Å². The van der Waals surface area contributed by atoms with Crippen molar-refractivity contribution < 1.29 is 8.42 Å². The summed E-state index contributed by atoms with van der Waals surface area (Å²) in [6, 6.07) is 7.14. The molecule has 2 N–H and O–H groups in total. The zero-order valence-corrected chi connectivity index (χ0v) is 14.0. The van der Waals surface area contributed by atoms with E-state index in [1.54, 1.807) is 19.2 Å². The van der Waals surface area contributed by atoms with E-state index >= 15 is 0 Å². The SMILES string of the molecule is Cc1ccccc1S(=O)(=O)N(C)C1(CN)CCC(C)CC1. The molecule has 1 saturated carbocycles. The Morgan fingerprint density at radius 3 is 2.38 bits per heavy atom. The summed E-state index contributed by atoms with van der Waals surface area (Å²) in [5, 5.41) is 0. The second-order valence-corrected chi connectivity index (χ2v) is 8.29. The van der Waals surface area contributed by atoms with Crippen LogP contribution in [0.25, 0.3) is 0 Å². The van der Waals surface area contributed by atoms with Gasteiger partial charge in [0.1, 0.15) is 0 Å². The minimum Gasteiger partial charge on any atom is -0.329 e. The zero-order chi connectivity index (χ0) is 15.7. The highest BCUT2D eigenvalue weighted by Gasteiger charge is 2.42. The van der Waals surface area contributed by atoms with Crippen molar-refractivity contribution in [3.63, 3.8) is 0 Å². The van der Waals surface area contributed by atoms with Crippen molar-refractivity contribution in [1.82, 2.24) is 4.31 Å². The van der Waals surface area contributed by atoms with Crippen molar-refractivity contribution in [2.24, 2.45) is 11.7 Å². The molecule has 21 heavy (non-hydrogen) atoms. The van der Waals surface area contributed by atoms with Crippen molar-refractivity contribution >= 4 is 10.0 Å². The number of likely N-dealkylation sites (N-methyl/N-ethyl adjacent to an activating group) is 1. The minimum atomic E-state index is -3.50. The summed E-state index contributed by atoms with van der Waals surface area (Å²) in [5.74, 6) is 0.652. The number of hydrogen-bond acceptors (Lipinski definition) is 3. The van der Waals surface area contributed by atoms with Crippen LogP contribution >= 0.6 is 0 Å². The number of nitrogens with two attached hydrogens (primary N) is 1. The van der Waals surface area contributed by atoms with Gasteiger partial charge in [0.15, 0.2) is 0 Å². The molecule has 4 nitrogen and oxygen atoms in total. The van der Waals surface area contributed by atoms with Crippen molar-refractivity contribution in [2.75, 3.05) is 13.6 Å². The van der Waals surface area contributed by atoms with E-state index in [2.05, 4.69) is 6.92 Å². The van der Waals surface area contributed by atoms with Crippen molar-refractivity contribution in [1.29, 1.82) is 0 Å². The predicted octanol–water partition coefficient (Wildman–Crippen LogP) is 2.52. The molecule has 0 aliphatic heterocycles. The number of hydrogen-bond donors (Lipinski definition) is 1. The van der Waals surface area contributed by atoms with Gasteiger partial charge in [-0.15, -0.1) is 0 Å². The highest BCUT2D eigenvalue weighted by Crippen LogP contribution is 2.38. The van der Waals surface area contributed by atoms with Crippen LogP contribution in [0.2, 0.25) is 0 Å². The van der Waals surface area contributed by atoms with Crippen LogP contribution in [0.15, 0.2) is 29.2 Å². The van der Waals surface area contributed by atoms with Crippen LogP contribution in [-0.2, 0) is 10.0 Å². The maximum absolute atomic E-state index is 13.0. The van der Waals surface area contributed by atoms with Gasteiger partial charge < -0.3 is 5.73 Å². The van der Waals surface area contributed by atoms with Crippen LogP contribution in [0.4, 0.5) is 0 Å². The number of nitrogens with zero attached hydrogens (tertiary/aromatic N) is 1. The van der Waals surface area contributed by atoms with Gasteiger partial charge in [-0.3, -0.25) is 0 Å². The Labute approximate surface area is 128 Å². The fraction of sp³-hybridized carbons (Fsp3) is 0.625. The summed E-state index contributed by atoms with van der Waals surface area (Å²) in [7, 11) is -1.82. The minimum absolute atomic E-state index is 0.376. The molecule has 0 unspecified atom stereocenters. The normalized spacial score (nSPS) is 27.0. The van der Waals surface area contributed by atoms with Crippen molar-refractivity contribution in [2.45, 2.75) is 50.0 Å². The van der Waals surface area contributed by atoms with E-state index in [-0.39, 0.29) is 0 Å². The van der Waals surface area contributed by atoms with Crippen LogP contribution in [-0.4, -0.2) is 31.9 Å². The third-order valence-electron chi connectivity index (χ3n) is 4.98. The van der Waals surface area contributed by atoms with E-state index in [1.807, 2.05) is 19.1 Å². The lowest BCUT2D eigenvalue weighted by atomic mass is 9.77. The van der Waals surface area contributed by atoms with Crippen molar-refractivity contribution in [3.05, 3.63) is 29.8 Å². The Hall–Kier alpha value is -0.910. The maximum atomic E-state index is 13.0. The Morgan fingerprint density at radius 1 is 1.29 bits per heavy atom. The second kappa shape index (κ2) is 6.07. The Morgan fingerprint density at radius 2 is 1.86 bits per heavy atom. The lowest BCUT2D eigenvalue weighted by molar-refractivity contribution is 0.135. The van der Waals surface area contributed by atoms with Crippen LogP contribution in [0.3, 0.4) is 0 Å². The molecule has 0 saturated heterocycles. The van der Waals surface area contributed by atoms with Crippen LogP contribution in [0.5, 0.6) is 0 Å². The summed E-state index contributed by atoms with van der Waals surface area (Å²) in [4.78, 5) is 0.388. The Bertz CT molecular complexity index is 590. The van der Waals surface area contributed by atoms with E-state index in [4.69, 9.17) is 5.73 Å². The van der Waals surface area contributed by atoms with Gasteiger partial charge in [-0.1, -0.05) is 25.1 Å². The molecule has 2 rings (SSSR count). The van der Waals surface area contributed by atoms with Gasteiger partial charge in [0.25, 0.3) is 0 Å². The molecule has 0 radical (unpaired) electrons. The molecule has 0 bridgehead atoms. The highest BCUT2D eigenvalue weighted by molar-refractivity contribution is 7.89. The number of benzene rings is 1. The van der Waals surface area contributed by atoms with Gasteiger partial charge in [0, 0.05) is 19.1 Å². The van der Waals surface area contributed by atoms with E-state index in [1.165, 1.54) is 4.31 Å². The first-order chi connectivity index (χ1) is 9.83. The first kappa shape index (κ1) is 16.5. The molecule has 118 valence electrons. The third-order valence-corrected chi connectivity index (χ3v) is 7.11. The first-order valence-corrected chi connectivity index (χ1v) is 9.02. The summed E-state index contributed by atoms with van der Waals surface area (Å²) < 4.78 is 27.5. The molecule has 1 aliphatic rings. The molecule has 0 heterocycles. The molecule has 1 aliphatic carbocycles. The maximum Gasteiger partial charge on any atom is 0.243 e. The third kappa shape index (κ3) is 3.00. The predicted molar refractivity (Wildman–Crippen MR) is 85.5 cm³/mol. The molecule has 0 aromatic heterocycles. The fourth-order valence-electron chi connectivity index (χ4n) is 3.20. The van der Waals surface area contributed by atoms with E-state index in [9.17, 15) is 8.42 Å². The molecule has 1 aromatic carbocycles. The standard InChI is InChI=1S/C16H26N2O2S/c1-13-8-10-16(12-17,11-9-13)18(3)21(19,20)15-7-5-4-6-14(15)2/h4-7,13H,8-12,17H2,1-3H3. The first-order valence-electron chi connectivity index (χ1n) is 7.58. The van der Waals surface area contributed by atoms with Gasteiger partial charge in [0.2, 0.25) is 10.0 Å². The lowest BCUT2D eigenvalue weighted by Gasteiger charge is -2.44. The van der Waals surface area contributed by atoms with Crippen LogP contribution < -0.4 is 5.73 Å². The zero-order valence-electron chi connectivity index (χ0n) is 13.2. The van der Waals surface area contributed by atoms with Crippen molar-refractivity contribution in [3.8, 4) is 0 Å². The van der Waals surface area contributed by atoms with E-state index in [0.717, 1.165) is 31.2 Å². The molecule has 5 heteroatoms. The number of aryl methyl sites for hydroxylation is 1. The average Bonchev–Trinajstić information content (AvgIpc) is 2.48. The topological polar surface area (TPSA) is 63.4 Å². The number of sulfonamides is 1. The smallest absolute Gasteiger partial charge is 0.243 e. The van der Waals surface area contributed by atoms with Gasteiger partial charge in [-0.25, -0.2) is 8.42 Å². The van der Waals surface area contributed by atoms with Gasteiger partial charge in [0.05, 0.1) is 4.90 Å². The summed E-state index contributed by atoms with van der Waals surface area (Å²) in [6.45, 7) is 4.43. The lowest BCUT2D eigenvalue weighted by Crippen LogP contribution is -2.56. The molecular formula is C16H26N2O2S. The largest absolute Gasteiger partial charge is 0.329 e. The molecule has 0 atom stereocenters. The summed E-state index contributed by atoms with van der Waals surface area (Å²) in [5.41, 5.74) is 6.33. The summed E-state index contributed by atoms with van der Waals surface area (Å²) >= 11 is 0. The molecule has 1 aromatic rings. The van der Waals surface area contributed by atoms with Crippen LogP contribution in [0, 0.1) is 12.8 Å². The van der Waals surface area contributed by atoms with Gasteiger partial charge in [-0.05, 0) is 50.2 Å². The highest BCUT2D eigenvalue weighted by atomic mass is 32.2. The fourth-order valence-corrected chi connectivity index (χ4v) is 4.98. The van der Waals surface area contributed by atoms with Crippen LogP contribution in [0.1, 0.15) is 38.2 Å². The molecule has 0 amide bonds. The molecule has 0 spiro atoms. The Kier molecular flexibility index (Phi) is 4.76. The monoisotopic (exact) mass is 310 g/mol. The molecular weight excluding hydrogens is 284 g/mol.